The molecule has 1 aliphatic heterocycles. The molecule has 1 aromatic heterocycles. The van der Waals surface area contributed by atoms with Gasteiger partial charge in [-0.2, -0.15) is 0 Å². The van der Waals surface area contributed by atoms with E-state index in [9.17, 15) is 9.59 Å². The zero-order valence-corrected chi connectivity index (χ0v) is 15.3. The number of hydrogen-bond donors (Lipinski definition) is 1. The van der Waals surface area contributed by atoms with Crippen molar-refractivity contribution in [3.05, 3.63) is 54.4 Å². The number of ether oxygens (including phenoxy) is 2. The van der Waals surface area contributed by atoms with Crippen LogP contribution in [0.3, 0.4) is 0 Å². The molecule has 2 aromatic rings. The maximum atomic E-state index is 12.3. The lowest BCUT2D eigenvalue weighted by atomic mass is 10.1. The Hall–Kier alpha value is -3.09. The molecule has 27 heavy (non-hydrogen) atoms. The maximum Gasteiger partial charge on any atom is 0.225 e. The van der Waals surface area contributed by atoms with Crippen LogP contribution in [-0.2, 0) is 16.1 Å². The van der Waals surface area contributed by atoms with Gasteiger partial charge in [-0.05, 0) is 35.9 Å². The van der Waals surface area contributed by atoms with Gasteiger partial charge >= 0.3 is 0 Å². The largest absolute Gasteiger partial charge is 0.497 e. The Kier molecular flexibility index (Phi) is 6.25. The van der Waals surface area contributed by atoms with Crippen molar-refractivity contribution in [1.82, 2.24) is 15.2 Å². The fourth-order valence-electron chi connectivity index (χ4n) is 2.97. The lowest BCUT2D eigenvalue weighted by Crippen LogP contribution is -2.35. The van der Waals surface area contributed by atoms with E-state index in [1.807, 2.05) is 36.4 Å². The Morgan fingerprint density at radius 1 is 1.26 bits per heavy atom. The number of aromatic nitrogens is 1. The first-order valence-electron chi connectivity index (χ1n) is 8.87. The zero-order chi connectivity index (χ0) is 19.1. The molecule has 3 rings (SSSR count). The average Bonchev–Trinajstić information content (AvgIpc) is 3.07. The van der Waals surface area contributed by atoms with Crippen LogP contribution in [-0.4, -0.2) is 48.5 Å². The number of methoxy groups -OCH3 is 1. The molecule has 0 bridgehead atoms. The van der Waals surface area contributed by atoms with Gasteiger partial charge in [0, 0.05) is 31.9 Å². The average molecular weight is 369 g/mol. The molecule has 7 heteroatoms. The van der Waals surface area contributed by atoms with E-state index in [2.05, 4.69) is 10.3 Å². The summed E-state index contributed by atoms with van der Waals surface area (Å²) in [5.41, 5.74) is 0.958. The third kappa shape index (κ3) is 5.20. The summed E-state index contributed by atoms with van der Waals surface area (Å²) in [6.07, 6.45) is 3.67. The van der Waals surface area contributed by atoms with Gasteiger partial charge in [0.05, 0.1) is 19.6 Å². The molecular formula is C20H23N3O4. The molecule has 7 nitrogen and oxygen atoms in total. The molecule has 2 amide bonds. The number of nitrogens with zero attached hydrogens (tertiary/aromatic N) is 2. The van der Waals surface area contributed by atoms with Crippen LogP contribution in [0, 0.1) is 5.92 Å². The summed E-state index contributed by atoms with van der Waals surface area (Å²) in [4.78, 5) is 30.2. The van der Waals surface area contributed by atoms with Gasteiger partial charge in [-0.1, -0.05) is 6.07 Å². The SMILES string of the molecule is COc1ccc(OCCNC(=O)C2CC(=O)N(Cc3cccnc3)C2)cc1. The number of pyridine rings is 1. The van der Waals surface area contributed by atoms with Crippen LogP contribution in [0.1, 0.15) is 12.0 Å². The summed E-state index contributed by atoms with van der Waals surface area (Å²) < 4.78 is 10.7. The van der Waals surface area contributed by atoms with Gasteiger partial charge < -0.3 is 19.7 Å². The molecule has 1 unspecified atom stereocenters. The normalized spacial score (nSPS) is 16.3. The molecule has 142 valence electrons. The Balaban J connectivity index is 1.40. The standard InChI is InChI=1S/C20H23N3O4/c1-26-17-4-6-18(7-5-17)27-10-9-22-20(25)16-11-19(24)23(14-16)13-15-3-2-8-21-12-15/h2-8,12,16H,9-11,13-14H2,1H3,(H,22,25). The third-order valence-electron chi connectivity index (χ3n) is 4.41. The molecule has 0 aliphatic carbocycles. The van der Waals surface area contributed by atoms with Gasteiger partial charge in [0.15, 0.2) is 0 Å². The fourth-order valence-corrected chi connectivity index (χ4v) is 2.97. The van der Waals surface area contributed by atoms with E-state index in [4.69, 9.17) is 9.47 Å². The first-order valence-corrected chi connectivity index (χ1v) is 8.87. The predicted molar refractivity (Wildman–Crippen MR) is 99.3 cm³/mol. The van der Waals surface area contributed by atoms with Crippen molar-refractivity contribution >= 4 is 11.8 Å². The lowest BCUT2D eigenvalue weighted by molar-refractivity contribution is -0.129. The number of carbonyl (C=O) groups excluding carboxylic acids is 2. The summed E-state index contributed by atoms with van der Waals surface area (Å²) in [6, 6.07) is 11.0. The predicted octanol–water partition coefficient (Wildman–Crippen LogP) is 1.63. The fraction of sp³-hybridized carbons (Fsp3) is 0.350. The lowest BCUT2D eigenvalue weighted by Gasteiger charge is -2.16. The van der Waals surface area contributed by atoms with E-state index in [0.717, 1.165) is 11.3 Å². The van der Waals surface area contributed by atoms with E-state index in [1.165, 1.54) is 0 Å². The van der Waals surface area contributed by atoms with Crippen molar-refractivity contribution < 1.29 is 19.1 Å². The molecule has 1 saturated heterocycles. The van der Waals surface area contributed by atoms with Crippen LogP contribution in [0.15, 0.2) is 48.8 Å². The minimum absolute atomic E-state index is 0.00603. The minimum atomic E-state index is -0.324. The highest BCUT2D eigenvalue weighted by atomic mass is 16.5. The summed E-state index contributed by atoms with van der Waals surface area (Å²) in [7, 11) is 1.61. The van der Waals surface area contributed by atoms with Crippen LogP contribution in [0.5, 0.6) is 11.5 Å². The Morgan fingerprint density at radius 3 is 2.74 bits per heavy atom. The monoisotopic (exact) mass is 369 g/mol. The van der Waals surface area contributed by atoms with E-state index >= 15 is 0 Å². The molecule has 0 saturated carbocycles. The van der Waals surface area contributed by atoms with E-state index in [0.29, 0.717) is 32.0 Å². The van der Waals surface area contributed by atoms with Crippen LogP contribution < -0.4 is 14.8 Å². The molecule has 0 radical (unpaired) electrons. The molecule has 1 N–H and O–H groups in total. The molecule has 0 spiro atoms. The van der Waals surface area contributed by atoms with Crippen molar-refractivity contribution in [2.24, 2.45) is 5.92 Å². The van der Waals surface area contributed by atoms with Gasteiger partial charge in [-0.15, -0.1) is 0 Å². The Labute approximate surface area is 158 Å². The van der Waals surface area contributed by atoms with Crippen molar-refractivity contribution in [1.29, 1.82) is 0 Å². The second kappa shape index (κ2) is 9.02. The van der Waals surface area contributed by atoms with Gasteiger partial charge in [0.25, 0.3) is 0 Å². The van der Waals surface area contributed by atoms with Crippen LogP contribution >= 0.6 is 0 Å². The molecule has 1 atom stereocenters. The van der Waals surface area contributed by atoms with E-state index in [1.54, 1.807) is 24.4 Å². The van der Waals surface area contributed by atoms with Crippen LogP contribution in [0.25, 0.3) is 0 Å². The van der Waals surface area contributed by atoms with E-state index in [-0.39, 0.29) is 24.2 Å². The van der Waals surface area contributed by atoms with Gasteiger partial charge in [-0.25, -0.2) is 0 Å². The summed E-state index contributed by atoms with van der Waals surface area (Å²) in [5.74, 6) is 1.03. The third-order valence-corrected chi connectivity index (χ3v) is 4.41. The topological polar surface area (TPSA) is 80.8 Å². The maximum absolute atomic E-state index is 12.3. The van der Waals surface area contributed by atoms with Crippen molar-refractivity contribution in [2.45, 2.75) is 13.0 Å². The van der Waals surface area contributed by atoms with Crippen LogP contribution in [0.2, 0.25) is 0 Å². The number of carbonyl (C=O) groups is 2. The second-order valence-corrected chi connectivity index (χ2v) is 6.35. The summed E-state index contributed by atoms with van der Waals surface area (Å²) >= 11 is 0. The highest BCUT2D eigenvalue weighted by Crippen LogP contribution is 2.20. The highest BCUT2D eigenvalue weighted by Gasteiger charge is 2.34. The Bertz CT molecular complexity index is 765. The number of rotatable bonds is 8. The molecule has 1 fully saturated rings. The van der Waals surface area contributed by atoms with E-state index < -0.39 is 0 Å². The molecule has 2 heterocycles. The summed E-state index contributed by atoms with van der Waals surface area (Å²) in [6.45, 7) is 1.66. The van der Waals surface area contributed by atoms with Gasteiger partial charge in [0.2, 0.25) is 11.8 Å². The molecule has 1 aliphatic rings. The first-order chi connectivity index (χ1) is 13.2. The minimum Gasteiger partial charge on any atom is -0.497 e. The highest BCUT2D eigenvalue weighted by molar-refractivity contribution is 5.89. The van der Waals surface area contributed by atoms with Gasteiger partial charge in [0.1, 0.15) is 18.1 Å². The first kappa shape index (κ1) is 18.7. The van der Waals surface area contributed by atoms with Crippen LogP contribution in [0.4, 0.5) is 0 Å². The molecule has 1 aromatic carbocycles. The summed E-state index contributed by atoms with van der Waals surface area (Å²) in [5, 5.41) is 2.84. The van der Waals surface area contributed by atoms with Crippen molar-refractivity contribution in [3.8, 4) is 11.5 Å². The number of amides is 2. The number of hydrogen-bond acceptors (Lipinski definition) is 5. The quantitative estimate of drug-likeness (QED) is 0.716. The smallest absolute Gasteiger partial charge is 0.225 e. The number of benzene rings is 1. The number of nitrogens with one attached hydrogen (secondary N) is 1. The zero-order valence-electron chi connectivity index (χ0n) is 15.3. The van der Waals surface area contributed by atoms with Gasteiger partial charge in [-0.3, -0.25) is 14.6 Å². The second-order valence-electron chi connectivity index (χ2n) is 6.35. The van der Waals surface area contributed by atoms with Crippen molar-refractivity contribution in [3.63, 3.8) is 0 Å². The molecular weight excluding hydrogens is 346 g/mol. The van der Waals surface area contributed by atoms with Crippen molar-refractivity contribution in [2.75, 3.05) is 26.8 Å². The Morgan fingerprint density at radius 2 is 2.04 bits per heavy atom. The number of likely N-dealkylation sites (tertiary alicyclic amines) is 1.